The maximum Gasteiger partial charge on any atom is 0.313 e. The average Bonchev–Trinajstić information content (AvgIpc) is 3.16. The van der Waals surface area contributed by atoms with Crippen molar-refractivity contribution in [2.24, 2.45) is 0 Å². The maximum absolute atomic E-state index is 12.1. The SMILES string of the molecule is O=C(NCc1ccn[nH]1)C(=O)Nc1ccccc1Sc1ccccc1. The summed E-state index contributed by atoms with van der Waals surface area (Å²) in [6.45, 7) is 0.215. The van der Waals surface area contributed by atoms with Crippen LogP contribution in [0, 0.1) is 0 Å². The third-order valence-corrected chi connectivity index (χ3v) is 4.39. The average molecular weight is 352 g/mol. The summed E-state index contributed by atoms with van der Waals surface area (Å²) in [5, 5.41) is 11.7. The third-order valence-electron chi connectivity index (χ3n) is 3.31. The zero-order valence-electron chi connectivity index (χ0n) is 13.2. The van der Waals surface area contributed by atoms with E-state index in [9.17, 15) is 9.59 Å². The van der Waals surface area contributed by atoms with E-state index in [1.165, 1.54) is 11.8 Å². The predicted octanol–water partition coefficient (Wildman–Crippen LogP) is 2.82. The summed E-state index contributed by atoms with van der Waals surface area (Å²) >= 11 is 1.52. The molecule has 0 fully saturated rings. The second-order valence-electron chi connectivity index (χ2n) is 5.13. The number of amides is 2. The molecule has 3 aromatic rings. The Morgan fingerprint density at radius 2 is 1.72 bits per heavy atom. The quantitative estimate of drug-likeness (QED) is 0.616. The molecule has 126 valence electrons. The lowest BCUT2D eigenvalue weighted by Gasteiger charge is -2.10. The largest absolute Gasteiger partial charge is 0.342 e. The van der Waals surface area contributed by atoms with Crippen molar-refractivity contribution < 1.29 is 9.59 Å². The Kier molecular flexibility index (Phi) is 5.48. The fraction of sp³-hybridized carbons (Fsp3) is 0.0556. The summed E-state index contributed by atoms with van der Waals surface area (Å²) in [7, 11) is 0. The second-order valence-corrected chi connectivity index (χ2v) is 6.25. The molecule has 25 heavy (non-hydrogen) atoms. The summed E-state index contributed by atoms with van der Waals surface area (Å²) in [4.78, 5) is 26.0. The molecule has 0 aliphatic heterocycles. The number of aromatic nitrogens is 2. The van der Waals surface area contributed by atoms with Gasteiger partial charge in [-0.3, -0.25) is 14.7 Å². The number of carbonyl (C=O) groups excluding carboxylic acids is 2. The van der Waals surface area contributed by atoms with Crippen LogP contribution >= 0.6 is 11.8 Å². The number of anilines is 1. The normalized spacial score (nSPS) is 10.2. The number of rotatable bonds is 5. The van der Waals surface area contributed by atoms with Gasteiger partial charge in [0.2, 0.25) is 0 Å². The molecular weight excluding hydrogens is 336 g/mol. The highest BCUT2D eigenvalue weighted by Gasteiger charge is 2.15. The van der Waals surface area contributed by atoms with Gasteiger partial charge < -0.3 is 10.6 Å². The van der Waals surface area contributed by atoms with Gasteiger partial charge >= 0.3 is 11.8 Å². The topological polar surface area (TPSA) is 86.9 Å². The first-order valence-corrected chi connectivity index (χ1v) is 8.43. The number of aromatic amines is 1. The molecule has 0 radical (unpaired) electrons. The third kappa shape index (κ3) is 4.71. The van der Waals surface area contributed by atoms with Gasteiger partial charge in [0.1, 0.15) is 0 Å². The van der Waals surface area contributed by atoms with Crippen LogP contribution in [0.25, 0.3) is 0 Å². The lowest BCUT2D eigenvalue weighted by atomic mass is 10.3. The molecule has 0 aliphatic carbocycles. The van der Waals surface area contributed by atoms with Gasteiger partial charge in [0, 0.05) is 16.0 Å². The number of hydrogen-bond donors (Lipinski definition) is 3. The lowest BCUT2D eigenvalue weighted by molar-refractivity contribution is -0.136. The molecule has 6 nitrogen and oxygen atoms in total. The second kappa shape index (κ2) is 8.16. The van der Waals surface area contributed by atoms with Gasteiger partial charge in [0.05, 0.1) is 17.9 Å². The lowest BCUT2D eigenvalue weighted by Crippen LogP contribution is -2.35. The molecular formula is C18H16N4O2S. The Labute approximate surface area is 149 Å². The van der Waals surface area contributed by atoms with Crippen LogP contribution in [-0.4, -0.2) is 22.0 Å². The number of hydrogen-bond acceptors (Lipinski definition) is 4. The van der Waals surface area contributed by atoms with Crippen LogP contribution in [0.3, 0.4) is 0 Å². The Bertz CT molecular complexity index is 851. The van der Waals surface area contributed by atoms with Crippen molar-refractivity contribution in [2.75, 3.05) is 5.32 Å². The first-order chi connectivity index (χ1) is 12.2. The molecule has 0 aliphatic rings. The van der Waals surface area contributed by atoms with Gasteiger partial charge in [-0.25, -0.2) is 0 Å². The smallest absolute Gasteiger partial charge is 0.313 e. The molecule has 7 heteroatoms. The van der Waals surface area contributed by atoms with Crippen molar-refractivity contribution in [2.45, 2.75) is 16.3 Å². The molecule has 0 atom stereocenters. The minimum atomic E-state index is -0.708. The molecule has 1 heterocycles. The summed E-state index contributed by atoms with van der Waals surface area (Å²) in [6, 6.07) is 18.9. The molecule has 3 rings (SSSR count). The summed E-state index contributed by atoms with van der Waals surface area (Å²) < 4.78 is 0. The summed E-state index contributed by atoms with van der Waals surface area (Å²) in [5.74, 6) is -1.41. The van der Waals surface area contributed by atoms with Crippen LogP contribution in [0.5, 0.6) is 0 Å². The van der Waals surface area contributed by atoms with Gasteiger partial charge in [-0.15, -0.1) is 0 Å². The van der Waals surface area contributed by atoms with Crippen LogP contribution in [-0.2, 0) is 16.1 Å². The molecule has 0 saturated carbocycles. The van der Waals surface area contributed by atoms with Crippen LogP contribution in [0.2, 0.25) is 0 Å². The highest BCUT2D eigenvalue weighted by atomic mass is 32.2. The van der Waals surface area contributed by atoms with Crippen molar-refractivity contribution in [1.82, 2.24) is 15.5 Å². The van der Waals surface area contributed by atoms with Crippen LogP contribution in [0.1, 0.15) is 5.69 Å². The van der Waals surface area contributed by atoms with E-state index in [4.69, 9.17) is 0 Å². The van der Waals surface area contributed by atoms with E-state index in [2.05, 4.69) is 20.8 Å². The first kappa shape index (κ1) is 16.8. The van der Waals surface area contributed by atoms with Gasteiger partial charge in [0.15, 0.2) is 0 Å². The molecule has 0 unspecified atom stereocenters. The van der Waals surface area contributed by atoms with Crippen LogP contribution in [0.15, 0.2) is 76.7 Å². The number of nitrogens with zero attached hydrogens (tertiary/aromatic N) is 1. The fourth-order valence-electron chi connectivity index (χ4n) is 2.09. The van der Waals surface area contributed by atoms with E-state index in [0.717, 1.165) is 15.5 Å². The van der Waals surface area contributed by atoms with Crippen LogP contribution < -0.4 is 10.6 Å². The van der Waals surface area contributed by atoms with Gasteiger partial charge in [-0.1, -0.05) is 42.1 Å². The molecule has 0 saturated heterocycles. The van der Waals surface area contributed by atoms with Crippen molar-refractivity contribution in [3.05, 3.63) is 72.6 Å². The highest BCUT2D eigenvalue weighted by molar-refractivity contribution is 7.99. The summed E-state index contributed by atoms with van der Waals surface area (Å²) in [6.07, 6.45) is 1.58. The number of nitrogens with one attached hydrogen (secondary N) is 3. The van der Waals surface area contributed by atoms with E-state index in [0.29, 0.717) is 5.69 Å². The zero-order chi connectivity index (χ0) is 17.5. The molecule has 3 N–H and O–H groups in total. The highest BCUT2D eigenvalue weighted by Crippen LogP contribution is 2.33. The van der Waals surface area contributed by atoms with Crippen molar-refractivity contribution in [1.29, 1.82) is 0 Å². The molecule has 0 spiro atoms. The van der Waals surface area contributed by atoms with Gasteiger partial charge in [-0.05, 0) is 30.3 Å². The molecule has 2 aromatic carbocycles. The predicted molar refractivity (Wildman–Crippen MR) is 96.1 cm³/mol. The number of para-hydroxylation sites is 1. The molecule has 2 amide bonds. The maximum atomic E-state index is 12.1. The monoisotopic (exact) mass is 352 g/mol. The number of carbonyl (C=O) groups is 2. The van der Waals surface area contributed by atoms with Crippen molar-refractivity contribution in [3.8, 4) is 0 Å². The van der Waals surface area contributed by atoms with E-state index < -0.39 is 11.8 Å². The van der Waals surface area contributed by atoms with Crippen LogP contribution in [0.4, 0.5) is 5.69 Å². The minimum Gasteiger partial charge on any atom is -0.342 e. The summed E-state index contributed by atoms with van der Waals surface area (Å²) in [5.41, 5.74) is 1.32. The van der Waals surface area contributed by atoms with Crippen molar-refractivity contribution >= 4 is 29.3 Å². The Morgan fingerprint density at radius 1 is 0.960 bits per heavy atom. The van der Waals surface area contributed by atoms with Gasteiger partial charge in [-0.2, -0.15) is 5.10 Å². The van der Waals surface area contributed by atoms with E-state index in [-0.39, 0.29) is 6.54 Å². The van der Waals surface area contributed by atoms with E-state index >= 15 is 0 Å². The molecule has 0 bridgehead atoms. The zero-order valence-corrected chi connectivity index (χ0v) is 14.0. The Balaban J connectivity index is 1.63. The standard InChI is InChI=1S/C18H16N4O2S/c23-17(19-12-13-10-11-20-22-13)18(24)21-15-8-4-5-9-16(15)25-14-6-2-1-3-7-14/h1-11H,12H2,(H,19,23)(H,20,22)(H,21,24). The number of benzene rings is 2. The Hall–Kier alpha value is -3.06. The van der Waals surface area contributed by atoms with Gasteiger partial charge in [0.25, 0.3) is 0 Å². The molecule has 1 aromatic heterocycles. The van der Waals surface area contributed by atoms with E-state index in [1.807, 2.05) is 48.5 Å². The fourth-order valence-corrected chi connectivity index (χ4v) is 3.02. The van der Waals surface area contributed by atoms with E-state index in [1.54, 1.807) is 18.3 Å². The Morgan fingerprint density at radius 3 is 2.48 bits per heavy atom. The first-order valence-electron chi connectivity index (χ1n) is 7.62. The minimum absolute atomic E-state index is 0.215. The number of H-pyrrole nitrogens is 1. The van der Waals surface area contributed by atoms with Crippen molar-refractivity contribution in [3.63, 3.8) is 0 Å².